The molecule has 0 aliphatic heterocycles. The second kappa shape index (κ2) is 8.34. The normalized spacial score (nSPS) is 26.8. The molecule has 1 fully saturated rings. The van der Waals surface area contributed by atoms with Crippen LogP contribution < -0.4 is 11.1 Å². The topological polar surface area (TPSA) is 70.6 Å². The fourth-order valence-electron chi connectivity index (χ4n) is 2.56. The number of nitrogens with zero attached hydrogens (tertiary/aromatic N) is 1. The first-order chi connectivity index (χ1) is 8.24. The highest BCUT2D eigenvalue weighted by molar-refractivity contribution is 5.79. The maximum atomic E-state index is 8.41. The Morgan fingerprint density at radius 2 is 2.06 bits per heavy atom. The number of rotatable bonds is 6. The van der Waals surface area contributed by atoms with Gasteiger partial charge < -0.3 is 16.3 Å². The first-order valence-corrected chi connectivity index (χ1v) is 6.94. The lowest BCUT2D eigenvalue weighted by Crippen LogP contribution is -2.35. The van der Waals surface area contributed by atoms with E-state index >= 15 is 0 Å². The predicted octanol–water partition coefficient (Wildman–Crippen LogP) is 2.46. The first-order valence-electron chi connectivity index (χ1n) is 6.94. The Bertz CT molecular complexity index is 231. The number of hydrogen-bond acceptors (Lipinski definition) is 3. The molecule has 2 unspecified atom stereocenters. The summed E-state index contributed by atoms with van der Waals surface area (Å²) in [4.78, 5) is 0. The Balaban J connectivity index is 2.08. The summed E-state index contributed by atoms with van der Waals surface area (Å²) in [6.07, 6.45) is 9.62. The molecule has 0 spiro atoms. The smallest absolute Gasteiger partial charge is 0.139 e. The van der Waals surface area contributed by atoms with Crippen molar-refractivity contribution in [3.8, 4) is 0 Å². The van der Waals surface area contributed by atoms with E-state index in [1.54, 1.807) is 0 Å². The molecule has 0 radical (unpaired) electrons. The Kier molecular flexibility index (Phi) is 7.01. The Morgan fingerprint density at radius 3 is 2.82 bits per heavy atom. The van der Waals surface area contributed by atoms with Gasteiger partial charge in [-0.25, -0.2) is 0 Å². The number of amidine groups is 1. The Morgan fingerprint density at radius 1 is 1.29 bits per heavy atom. The van der Waals surface area contributed by atoms with Gasteiger partial charge in [0.05, 0.1) is 0 Å². The molecule has 1 aliphatic rings. The van der Waals surface area contributed by atoms with E-state index in [1.165, 1.54) is 32.1 Å². The van der Waals surface area contributed by atoms with Crippen molar-refractivity contribution >= 4 is 5.84 Å². The molecular formula is C13H27N3O. The molecule has 0 aromatic rings. The lowest BCUT2D eigenvalue weighted by Gasteiger charge is -2.22. The lowest BCUT2D eigenvalue weighted by molar-refractivity contribution is 0.316. The van der Waals surface area contributed by atoms with E-state index in [0.717, 1.165) is 25.3 Å². The molecule has 4 N–H and O–H groups in total. The first kappa shape index (κ1) is 14.3. The quantitative estimate of drug-likeness (QED) is 0.167. The minimum Gasteiger partial charge on any atom is -0.409 e. The van der Waals surface area contributed by atoms with Crippen LogP contribution in [0.15, 0.2) is 5.16 Å². The standard InChI is InChI=1S/C13H27N3O/c1-11-7-3-2-4-8-12(11)15-10-6-5-9-13(14)16-17/h11-12,15,17H,2-10H2,1H3,(H2,14,16). The second-order valence-electron chi connectivity index (χ2n) is 5.22. The average Bonchev–Trinajstić information content (AvgIpc) is 2.54. The molecule has 1 rings (SSSR count). The number of nitrogens with two attached hydrogens (primary N) is 1. The summed E-state index contributed by atoms with van der Waals surface area (Å²) in [6.45, 7) is 3.41. The van der Waals surface area contributed by atoms with Gasteiger partial charge in [-0.1, -0.05) is 31.3 Å². The summed E-state index contributed by atoms with van der Waals surface area (Å²) in [6, 6.07) is 0.696. The van der Waals surface area contributed by atoms with Gasteiger partial charge in [-0.15, -0.1) is 0 Å². The zero-order valence-electron chi connectivity index (χ0n) is 11.0. The average molecular weight is 241 g/mol. The molecule has 0 aromatic heterocycles. The van der Waals surface area contributed by atoms with Gasteiger partial charge in [-0.05, 0) is 38.1 Å². The van der Waals surface area contributed by atoms with Crippen molar-refractivity contribution in [1.82, 2.24) is 5.32 Å². The van der Waals surface area contributed by atoms with Gasteiger partial charge in [-0.2, -0.15) is 0 Å². The molecule has 4 heteroatoms. The van der Waals surface area contributed by atoms with Crippen LogP contribution in [0.3, 0.4) is 0 Å². The minimum atomic E-state index is 0.341. The minimum absolute atomic E-state index is 0.341. The van der Waals surface area contributed by atoms with Crippen molar-refractivity contribution in [2.45, 2.75) is 64.3 Å². The van der Waals surface area contributed by atoms with Gasteiger partial charge in [0.15, 0.2) is 0 Å². The van der Waals surface area contributed by atoms with Crippen molar-refractivity contribution in [2.24, 2.45) is 16.8 Å². The van der Waals surface area contributed by atoms with Crippen LogP contribution in [0.5, 0.6) is 0 Å². The summed E-state index contributed by atoms with van der Waals surface area (Å²) in [7, 11) is 0. The van der Waals surface area contributed by atoms with Crippen LogP contribution in [0, 0.1) is 5.92 Å². The number of hydrogen-bond donors (Lipinski definition) is 3. The van der Waals surface area contributed by atoms with Crippen LogP contribution in [-0.4, -0.2) is 23.6 Å². The summed E-state index contributed by atoms with van der Waals surface area (Å²) >= 11 is 0. The van der Waals surface area contributed by atoms with Crippen LogP contribution >= 0.6 is 0 Å². The molecule has 17 heavy (non-hydrogen) atoms. The van der Waals surface area contributed by atoms with Gasteiger partial charge in [0.1, 0.15) is 5.84 Å². The molecule has 2 atom stereocenters. The van der Waals surface area contributed by atoms with E-state index in [-0.39, 0.29) is 0 Å². The fraction of sp³-hybridized carbons (Fsp3) is 0.923. The molecule has 0 aromatic carbocycles. The Hall–Kier alpha value is -0.770. The largest absolute Gasteiger partial charge is 0.409 e. The van der Waals surface area contributed by atoms with E-state index in [4.69, 9.17) is 10.9 Å². The van der Waals surface area contributed by atoms with E-state index in [0.29, 0.717) is 18.3 Å². The maximum Gasteiger partial charge on any atom is 0.139 e. The van der Waals surface area contributed by atoms with Crippen molar-refractivity contribution in [3.05, 3.63) is 0 Å². The fourth-order valence-corrected chi connectivity index (χ4v) is 2.56. The van der Waals surface area contributed by atoms with E-state index in [2.05, 4.69) is 17.4 Å². The molecule has 0 heterocycles. The number of unbranched alkanes of at least 4 members (excludes halogenated alkanes) is 1. The number of oxime groups is 1. The van der Waals surface area contributed by atoms with Crippen LogP contribution in [0.1, 0.15) is 58.3 Å². The molecule has 0 amide bonds. The summed E-state index contributed by atoms with van der Waals surface area (Å²) in [5.74, 6) is 1.15. The molecule has 100 valence electrons. The van der Waals surface area contributed by atoms with E-state index in [9.17, 15) is 0 Å². The van der Waals surface area contributed by atoms with Crippen molar-refractivity contribution in [1.29, 1.82) is 0 Å². The number of nitrogens with one attached hydrogen (secondary N) is 1. The molecule has 0 saturated heterocycles. The third-order valence-corrected chi connectivity index (χ3v) is 3.76. The second-order valence-corrected chi connectivity index (χ2v) is 5.22. The lowest BCUT2D eigenvalue weighted by atomic mass is 9.97. The maximum absolute atomic E-state index is 8.41. The highest BCUT2D eigenvalue weighted by Crippen LogP contribution is 2.22. The van der Waals surface area contributed by atoms with Gasteiger partial charge in [0.2, 0.25) is 0 Å². The highest BCUT2D eigenvalue weighted by Gasteiger charge is 2.18. The molecule has 0 bridgehead atoms. The third kappa shape index (κ3) is 5.91. The zero-order chi connectivity index (χ0) is 12.5. The van der Waals surface area contributed by atoms with Crippen LogP contribution in [0.4, 0.5) is 0 Å². The van der Waals surface area contributed by atoms with Gasteiger partial charge >= 0.3 is 0 Å². The van der Waals surface area contributed by atoms with Crippen molar-refractivity contribution in [2.75, 3.05) is 6.54 Å². The summed E-state index contributed by atoms with van der Waals surface area (Å²) < 4.78 is 0. The molecule has 1 aliphatic carbocycles. The van der Waals surface area contributed by atoms with Gasteiger partial charge in [0, 0.05) is 12.5 Å². The van der Waals surface area contributed by atoms with E-state index < -0.39 is 0 Å². The Labute approximate surface area is 105 Å². The van der Waals surface area contributed by atoms with Crippen LogP contribution in [-0.2, 0) is 0 Å². The van der Waals surface area contributed by atoms with Crippen LogP contribution in [0.2, 0.25) is 0 Å². The third-order valence-electron chi connectivity index (χ3n) is 3.76. The van der Waals surface area contributed by atoms with E-state index in [1.807, 2.05) is 0 Å². The summed E-state index contributed by atoms with van der Waals surface area (Å²) in [5, 5.41) is 15.0. The van der Waals surface area contributed by atoms with Crippen molar-refractivity contribution in [3.63, 3.8) is 0 Å². The van der Waals surface area contributed by atoms with Crippen molar-refractivity contribution < 1.29 is 5.21 Å². The molecule has 1 saturated carbocycles. The summed E-state index contributed by atoms with van der Waals surface area (Å²) in [5.41, 5.74) is 5.42. The van der Waals surface area contributed by atoms with Gasteiger partial charge in [0.25, 0.3) is 0 Å². The highest BCUT2D eigenvalue weighted by atomic mass is 16.4. The van der Waals surface area contributed by atoms with Crippen LogP contribution in [0.25, 0.3) is 0 Å². The predicted molar refractivity (Wildman–Crippen MR) is 71.3 cm³/mol. The monoisotopic (exact) mass is 241 g/mol. The molecular weight excluding hydrogens is 214 g/mol. The molecule has 4 nitrogen and oxygen atoms in total. The van der Waals surface area contributed by atoms with Gasteiger partial charge in [-0.3, -0.25) is 0 Å². The zero-order valence-corrected chi connectivity index (χ0v) is 11.0. The SMILES string of the molecule is CC1CCCCCC1NCCCCC(N)=NO.